The number of aliphatic hydroxyl groups excluding tert-OH is 1. The summed E-state index contributed by atoms with van der Waals surface area (Å²) in [5, 5.41) is 14.7. The van der Waals surface area contributed by atoms with Gasteiger partial charge in [0, 0.05) is 34.9 Å². The molecule has 0 saturated heterocycles. The molecule has 3 aromatic rings. The van der Waals surface area contributed by atoms with Gasteiger partial charge < -0.3 is 14.8 Å². The molecule has 0 saturated carbocycles. The lowest BCUT2D eigenvalue weighted by Crippen LogP contribution is -2.40. The summed E-state index contributed by atoms with van der Waals surface area (Å²) >= 11 is 1.66. The van der Waals surface area contributed by atoms with E-state index >= 15 is 0 Å². The Balaban J connectivity index is 1.60. The van der Waals surface area contributed by atoms with Gasteiger partial charge in [-0.3, -0.25) is 9.78 Å². The molecule has 3 aromatic heterocycles. The van der Waals surface area contributed by atoms with Crippen molar-refractivity contribution < 1.29 is 9.90 Å². The average molecular weight is 358 g/mol. The van der Waals surface area contributed by atoms with Gasteiger partial charge in [-0.25, -0.2) is 4.98 Å². The molecule has 6 nitrogen and oxygen atoms in total. The third-order valence-electron chi connectivity index (χ3n) is 4.23. The van der Waals surface area contributed by atoms with E-state index in [-0.39, 0.29) is 24.3 Å². The maximum absolute atomic E-state index is 12.3. The Morgan fingerprint density at radius 1 is 1.44 bits per heavy atom. The second kappa shape index (κ2) is 7.33. The van der Waals surface area contributed by atoms with E-state index in [4.69, 9.17) is 0 Å². The zero-order valence-electron chi connectivity index (χ0n) is 14.4. The first kappa shape index (κ1) is 17.6. The average Bonchev–Trinajstić information content (AvgIpc) is 3.23. The number of hydrogen-bond acceptors (Lipinski definition) is 5. The van der Waals surface area contributed by atoms with Crippen molar-refractivity contribution in [2.75, 3.05) is 13.2 Å². The summed E-state index contributed by atoms with van der Waals surface area (Å²) in [6.07, 6.45) is 6.25. The third-order valence-corrected chi connectivity index (χ3v) is 5.11. The van der Waals surface area contributed by atoms with Crippen LogP contribution in [0.2, 0.25) is 0 Å². The Labute approximate surface area is 150 Å². The highest BCUT2D eigenvalue weighted by molar-refractivity contribution is 7.09. The topological polar surface area (TPSA) is 79.5 Å². The number of carbonyl (C=O) groups is 1. The van der Waals surface area contributed by atoms with E-state index in [2.05, 4.69) is 15.3 Å². The second-order valence-electron chi connectivity index (χ2n) is 6.69. The van der Waals surface area contributed by atoms with Gasteiger partial charge in [0.2, 0.25) is 5.91 Å². The van der Waals surface area contributed by atoms with Crippen molar-refractivity contribution in [3.8, 4) is 0 Å². The van der Waals surface area contributed by atoms with Crippen LogP contribution >= 0.6 is 11.3 Å². The van der Waals surface area contributed by atoms with Gasteiger partial charge in [-0.05, 0) is 24.8 Å². The lowest BCUT2D eigenvalue weighted by Gasteiger charge is -2.27. The van der Waals surface area contributed by atoms with Gasteiger partial charge in [0.1, 0.15) is 0 Å². The fourth-order valence-electron chi connectivity index (χ4n) is 2.72. The lowest BCUT2D eigenvalue weighted by molar-refractivity contribution is -0.121. The molecule has 0 aliphatic heterocycles. The second-order valence-corrected chi connectivity index (χ2v) is 7.72. The number of thiophene rings is 1. The quantitative estimate of drug-likeness (QED) is 0.677. The van der Waals surface area contributed by atoms with Crippen molar-refractivity contribution in [3.05, 3.63) is 52.4 Å². The smallest absolute Gasteiger partial charge is 0.226 e. The molecular formula is C18H22N4O2S. The number of nitrogens with one attached hydrogen (secondary N) is 1. The van der Waals surface area contributed by atoms with Crippen LogP contribution in [0.3, 0.4) is 0 Å². The van der Waals surface area contributed by atoms with Crippen LogP contribution in [-0.4, -0.2) is 38.5 Å². The number of fused-ring (bicyclic) bond motifs is 1. The number of hydrogen-bond donors (Lipinski definition) is 2. The van der Waals surface area contributed by atoms with E-state index in [1.807, 2.05) is 42.0 Å². The first-order valence-electron chi connectivity index (χ1n) is 8.18. The van der Waals surface area contributed by atoms with E-state index in [1.165, 1.54) is 4.88 Å². The molecule has 25 heavy (non-hydrogen) atoms. The monoisotopic (exact) mass is 358 g/mol. The van der Waals surface area contributed by atoms with Gasteiger partial charge in [-0.15, -0.1) is 11.3 Å². The summed E-state index contributed by atoms with van der Waals surface area (Å²) < 4.78 is 1.92. The minimum Gasteiger partial charge on any atom is -0.396 e. The van der Waals surface area contributed by atoms with Gasteiger partial charge in [0.25, 0.3) is 0 Å². The Kier molecular flexibility index (Phi) is 5.15. The molecule has 0 bridgehead atoms. The zero-order chi connectivity index (χ0) is 17.9. The fourth-order valence-corrected chi connectivity index (χ4v) is 3.65. The minimum atomic E-state index is -0.375. The van der Waals surface area contributed by atoms with Crippen LogP contribution in [0.1, 0.15) is 23.2 Å². The number of aryl methyl sites for hydroxylation is 1. The molecule has 0 spiro atoms. The Morgan fingerprint density at radius 2 is 2.28 bits per heavy atom. The Bertz CT molecular complexity index is 859. The first-order chi connectivity index (χ1) is 12.0. The van der Waals surface area contributed by atoms with Gasteiger partial charge in [0.05, 0.1) is 24.9 Å². The number of carbonyl (C=O) groups excluding carboxylic acids is 1. The molecule has 3 heterocycles. The zero-order valence-corrected chi connectivity index (χ0v) is 15.2. The molecule has 0 aliphatic rings. The van der Waals surface area contributed by atoms with Crippen LogP contribution in [-0.2, 0) is 17.6 Å². The highest BCUT2D eigenvalue weighted by Crippen LogP contribution is 2.24. The minimum absolute atomic E-state index is 0.0183. The van der Waals surface area contributed by atoms with E-state index in [0.29, 0.717) is 12.2 Å². The predicted octanol–water partition coefficient (Wildman–Crippen LogP) is 2.00. The SMILES string of the molecule is Cc1cncc2nc(CC(=O)NCC(C)(CO)Cc3cccs3)cn12. The molecule has 3 rings (SSSR count). The number of amides is 1. The van der Waals surface area contributed by atoms with Crippen LogP contribution in [0.15, 0.2) is 36.1 Å². The van der Waals surface area contributed by atoms with Gasteiger partial charge >= 0.3 is 0 Å². The summed E-state index contributed by atoms with van der Waals surface area (Å²) in [4.78, 5) is 22.0. The normalized spacial score (nSPS) is 13.7. The molecule has 0 radical (unpaired) electrons. The molecule has 0 fully saturated rings. The summed E-state index contributed by atoms with van der Waals surface area (Å²) in [6, 6.07) is 4.05. The molecule has 1 unspecified atom stereocenters. The van der Waals surface area contributed by atoms with Gasteiger partial charge in [0.15, 0.2) is 5.65 Å². The summed E-state index contributed by atoms with van der Waals surface area (Å²) in [6.45, 7) is 4.37. The van der Waals surface area contributed by atoms with E-state index < -0.39 is 0 Å². The van der Waals surface area contributed by atoms with Crippen molar-refractivity contribution >= 4 is 22.9 Å². The van der Waals surface area contributed by atoms with Crippen molar-refractivity contribution in [1.29, 1.82) is 0 Å². The highest BCUT2D eigenvalue weighted by atomic mass is 32.1. The summed E-state index contributed by atoms with van der Waals surface area (Å²) in [5.41, 5.74) is 2.04. The molecule has 1 atom stereocenters. The maximum atomic E-state index is 12.3. The largest absolute Gasteiger partial charge is 0.396 e. The molecule has 2 N–H and O–H groups in total. The van der Waals surface area contributed by atoms with Crippen LogP contribution in [0.4, 0.5) is 0 Å². The maximum Gasteiger partial charge on any atom is 0.226 e. The Hall–Kier alpha value is -2.25. The van der Waals surface area contributed by atoms with Crippen LogP contribution in [0, 0.1) is 12.3 Å². The van der Waals surface area contributed by atoms with E-state index in [1.54, 1.807) is 23.7 Å². The number of nitrogens with zero attached hydrogens (tertiary/aromatic N) is 3. The summed E-state index contributed by atoms with van der Waals surface area (Å²) in [5.74, 6) is -0.0973. The number of rotatable bonds is 7. The van der Waals surface area contributed by atoms with Crippen molar-refractivity contribution in [2.45, 2.75) is 26.7 Å². The number of aliphatic hydroxyl groups is 1. The van der Waals surface area contributed by atoms with Gasteiger partial charge in [-0.2, -0.15) is 0 Å². The standard InChI is InChI=1S/C18H22N4O2S/c1-13-8-19-9-16-21-14(10-22(13)16)6-17(24)20-11-18(2,12-23)7-15-4-3-5-25-15/h3-5,8-10,23H,6-7,11-12H2,1-2H3,(H,20,24). The van der Waals surface area contributed by atoms with Crippen molar-refractivity contribution in [2.24, 2.45) is 5.41 Å². The number of aromatic nitrogens is 3. The number of imidazole rings is 1. The van der Waals surface area contributed by atoms with E-state index in [0.717, 1.165) is 17.8 Å². The first-order valence-corrected chi connectivity index (χ1v) is 9.06. The molecule has 132 valence electrons. The van der Waals surface area contributed by atoms with Crippen LogP contribution < -0.4 is 5.32 Å². The van der Waals surface area contributed by atoms with Gasteiger partial charge in [-0.1, -0.05) is 13.0 Å². The molecule has 0 aliphatic carbocycles. The lowest BCUT2D eigenvalue weighted by atomic mass is 9.87. The van der Waals surface area contributed by atoms with E-state index in [9.17, 15) is 9.90 Å². The molecule has 0 aromatic carbocycles. The molecule has 7 heteroatoms. The molecule has 1 amide bonds. The molecular weight excluding hydrogens is 336 g/mol. The van der Waals surface area contributed by atoms with Crippen LogP contribution in [0.5, 0.6) is 0 Å². The fraction of sp³-hybridized carbons (Fsp3) is 0.389. The summed E-state index contributed by atoms with van der Waals surface area (Å²) in [7, 11) is 0. The predicted molar refractivity (Wildman–Crippen MR) is 97.7 cm³/mol. The van der Waals surface area contributed by atoms with Crippen molar-refractivity contribution in [1.82, 2.24) is 19.7 Å². The third kappa shape index (κ3) is 4.24. The Morgan fingerprint density at radius 3 is 2.96 bits per heavy atom. The van der Waals surface area contributed by atoms with Crippen LogP contribution in [0.25, 0.3) is 5.65 Å². The highest BCUT2D eigenvalue weighted by Gasteiger charge is 2.25. The van der Waals surface area contributed by atoms with Crippen molar-refractivity contribution in [3.63, 3.8) is 0 Å².